The standard InChI is InChI=1S/C23H23NO7/c1-14-21(30-15-8-6-5-7-9-15)20(26)17-11-10-16(12-18(17)28-14)29-19(25)13-24-22(27)31-23(2,3)4/h5-9,11-12,17H,13H2,1-4H3,(H,24,27). The molecule has 0 saturated heterocycles. The van der Waals surface area contributed by atoms with Crippen molar-refractivity contribution in [1.82, 2.24) is 5.32 Å². The molecule has 0 fully saturated rings. The van der Waals surface area contributed by atoms with Crippen LogP contribution in [0.1, 0.15) is 27.7 Å². The maximum absolute atomic E-state index is 12.8. The fourth-order valence-corrected chi connectivity index (χ4v) is 2.75. The number of hydrogen-bond acceptors (Lipinski definition) is 7. The summed E-state index contributed by atoms with van der Waals surface area (Å²) >= 11 is 0. The van der Waals surface area contributed by atoms with Gasteiger partial charge in [-0.2, -0.15) is 0 Å². The number of nitrogens with one attached hydrogen (secondary N) is 1. The Labute approximate surface area is 179 Å². The number of Topliss-reactive ketones (excluding diaryl/α,β-unsaturated/α-hetero) is 1. The Bertz CT molecular complexity index is 1020. The second kappa shape index (κ2) is 8.93. The highest BCUT2D eigenvalue weighted by molar-refractivity contribution is 6.00. The molecule has 8 nitrogen and oxygen atoms in total. The molecule has 3 rings (SSSR count). The van der Waals surface area contributed by atoms with Crippen molar-refractivity contribution in [2.24, 2.45) is 5.92 Å². The highest BCUT2D eigenvalue weighted by atomic mass is 16.6. The molecule has 0 aromatic heterocycles. The molecule has 1 aliphatic heterocycles. The molecule has 0 saturated carbocycles. The molecular weight excluding hydrogens is 402 g/mol. The van der Waals surface area contributed by atoms with Crippen LogP contribution in [0.2, 0.25) is 0 Å². The topological polar surface area (TPSA) is 100 Å². The largest absolute Gasteiger partial charge is 0.461 e. The number of ketones is 1. The van der Waals surface area contributed by atoms with Crippen molar-refractivity contribution in [2.75, 3.05) is 6.54 Å². The van der Waals surface area contributed by atoms with E-state index in [2.05, 4.69) is 11.0 Å². The van der Waals surface area contributed by atoms with Crippen LogP contribution >= 0.6 is 0 Å². The van der Waals surface area contributed by atoms with Crippen LogP contribution in [0.25, 0.3) is 0 Å². The Hall–Kier alpha value is -3.77. The van der Waals surface area contributed by atoms with E-state index < -0.39 is 23.6 Å². The van der Waals surface area contributed by atoms with Gasteiger partial charge in [-0.1, -0.05) is 23.9 Å². The van der Waals surface area contributed by atoms with Crippen LogP contribution in [0.15, 0.2) is 71.3 Å². The summed E-state index contributed by atoms with van der Waals surface area (Å²) in [6.07, 6.45) is 2.13. The van der Waals surface area contributed by atoms with E-state index in [-0.39, 0.29) is 23.8 Å². The smallest absolute Gasteiger partial charge is 0.408 e. The molecule has 8 heteroatoms. The monoisotopic (exact) mass is 425 g/mol. The molecule has 1 N–H and O–H groups in total. The number of amides is 1. The van der Waals surface area contributed by atoms with E-state index in [1.807, 2.05) is 6.07 Å². The predicted molar refractivity (Wildman–Crippen MR) is 109 cm³/mol. The van der Waals surface area contributed by atoms with Gasteiger partial charge in [-0.15, -0.1) is 0 Å². The third kappa shape index (κ3) is 5.87. The minimum Gasteiger partial charge on any atom is -0.461 e. The molecule has 162 valence electrons. The quantitative estimate of drug-likeness (QED) is 0.569. The van der Waals surface area contributed by atoms with E-state index in [4.69, 9.17) is 18.9 Å². The van der Waals surface area contributed by atoms with Crippen molar-refractivity contribution in [2.45, 2.75) is 33.3 Å². The van der Waals surface area contributed by atoms with Crippen LogP contribution in [-0.2, 0) is 23.8 Å². The van der Waals surface area contributed by atoms with E-state index in [0.29, 0.717) is 17.3 Å². The van der Waals surface area contributed by atoms with Gasteiger partial charge in [-0.3, -0.25) is 4.79 Å². The summed E-state index contributed by atoms with van der Waals surface area (Å²) in [6.45, 7) is 6.36. The van der Waals surface area contributed by atoms with Gasteiger partial charge in [0, 0.05) is 6.08 Å². The molecule has 1 aromatic carbocycles. The van der Waals surface area contributed by atoms with Crippen LogP contribution in [0.4, 0.5) is 4.79 Å². The lowest BCUT2D eigenvalue weighted by molar-refractivity contribution is -0.137. The van der Waals surface area contributed by atoms with E-state index >= 15 is 0 Å². The Kier molecular flexibility index (Phi) is 6.32. The number of rotatable bonds is 5. The molecule has 31 heavy (non-hydrogen) atoms. The normalized spacial score (nSPS) is 17.7. The summed E-state index contributed by atoms with van der Waals surface area (Å²) in [6, 6.07) is 8.91. The molecule has 1 heterocycles. The van der Waals surface area contributed by atoms with Crippen molar-refractivity contribution in [3.05, 3.63) is 71.3 Å². The van der Waals surface area contributed by atoms with Gasteiger partial charge in [0.25, 0.3) is 0 Å². The summed E-state index contributed by atoms with van der Waals surface area (Å²) < 4.78 is 21.6. The lowest BCUT2D eigenvalue weighted by Crippen LogP contribution is -2.36. The molecule has 2 aliphatic rings. The highest BCUT2D eigenvalue weighted by Crippen LogP contribution is 2.33. The molecule has 0 spiro atoms. The van der Waals surface area contributed by atoms with Gasteiger partial charge in [0.2, 0.25) is 11.5 Å². The summed E-state index contributed by atoms with van der Waals surface area (Å²) in [5.41, 5.74) is 2.07. The maximum Gasteiger partial charge on any atom is 0.408 e. The van der Waals surface area contributed by atoms with Gasteiger partial charge >= 0.3 is 12.1 Å². The van der Waals surface area contributed by atoms with Gasteiger partial charge in [0.05, 0.1) is 0 Å². The molecule has 0 radical (unpaired) electrons. The van der Waals surface area contributed by atoms with Crippen LogP contribution in [-0.4, -0.2) is 30.0 Å². The minimum atomic E-state index is -0.732. The van der Waals surface area contributed by atoms with Gasteiger partial charge in [-0.05, 0) is 45.9 Å². The minimum absolute atomic E-state index is 0.0651. The van der Waals surface area contributed by atoms with E-state index in [1.54, 1.807) is 52.0 Å². The molecule has 1 unspecified atom stereocenters. The lowest BCUT2D eigenvalue weighted by atomic mass is 9.94. The molecule has 0 bridgehead atoms. The predicted octanol–water partition coefficient (Wildman–Crippen LogP) is 3.52. The van der Waals surface area contributed by atoms with E-state index in [1.165, 1.54) is 12.2 Å². The van der Waals surface area contributed by atoms with Gasteiger partial charge < -0.3 is 24.3 Å². The lowest BCUT2D eigenvalue weighted by Gasteiger charge is -2.26. The average molecular weight is 425 g/mol. The van der Waals surface area contributed by atoms with Gasteiger partial charge in [0.15, 0.2) is 5.76 Å². The first kappa shape index (κ1) is 21.9. The Morgan fingerprint density at radius 3 is 2.58 bits per heavy atom. The molecule has 1 atom stereocenters. The van der Waals surface area contributed by atoms with E-state index in [9.17, 15) is 14.4 Å². The Morgan fingerprint density at radius 1 is 1.19 bits per heavy atom. The summed E-state index contributed by atoms with van der Waals surface area (Å²) in [5, 5.41) is 2.31. The molecular formula is C23H23NO7. The zero-order valence-electron chi connectivity index (χ0n) is 17.7. The van der Waals surface area contributed by atoms with Crippen molar-refractivity contribution in [3.63, 3.8) is 0 Å². The number of allylic oxidation sites excluding steroid dienone is 3. The van der Waals surface area contributed by atoms with Gasteiger partial charge in [0.1, 0.15) is 35.3 Å². The summed E-state index contributed by atoms with van der Waals surface area (Å²) in [4.78, 5) is 36.5. The molecule has 1 aromatic rings. The van der Waals surface area contributed by atoms with Gasteiger partial charge in [-0.25, -0.2) is 9.59 Å². The Balaban J connectivity index is 1.62. The van der Waals surface area contributed by atoms with Crippen LogP contribution in [0.3, 0.4) is 0 Å². The fraction of sp³-hybridized carbons (Fsp3) is 0.304. The van der Waals surface area contributed by atoms with E-state index in [0.717, 1.165) is 0 Å². The zero-order valence-corrected chi connectivity index (χ0v) is 17.7. The highest BCUT2D eigenvalue weighted by Gasteiger charge is 2.36. The SMILES string of the molecule is CC1=C(Oc2ccccc2)C(=O)C2C=C=C(OC(=O)CNC(=O)OC(C)(C)C)C=C2O1. The van der Waals surface area contributed by atoms with Crippen LogP contribution < -0.4 is 10.1 Å². The van der Waals surface area contributed by atoms with Crippen LogP contribution in [0.5, 0.6) is 5.75 Å². The number of benzene rings is 1. The number of ether oxygens (including phenoxy) is 4. The number of esters is 1. The summed E-state index contributed by atoms with van der Waals surface area (Å²) in [7, 11) is 0. The average Bonchev–Trinajstić information content (AvgIpc) is 2.69. The number of alkyl carbamates (subject to hydrolysis) is 1. The first-order chi connectivity index (χ1) is 14.6. The first-order valence-corrected chi connectivity index (χ1v) is 9.64. The number of carbonyl (C=O) groups excluding carboxylic acids is 3. The number of hydrogen-bond donors (Lipinski definition) is 1. The second-order valence-electron chi connectivity index (χ2n) is 7.80. The fourth-order valence-electron chi connectivity index (χ4n) is 2.75. The molecule has 1 aliphatic carbocycles. The maximum atomic E-state index is 12.8. The van der Waals surface area contributed by atoms with Crippen molar-refractivity contribution < 1.29 is 33.3 Å². The third-order valence-electron chi connectivity index (χ3n) is 4.03. The summed E-state index contributed by atoms with van der Waals surface area (Å²) in [5.74, 6) is -0.464. The number of fused-ring (bicyclic) bond motifs is 1. The first-order valence-electron chi connectivity index (χ1n) is 9.64. The number of carbonyl (C=O) groups is 3. The Morgan fingerprint density at radius 2 is 1.90 bits per heavy atom. The molecule has 1 amide bonds. The third-order valence-corrected chi connectivity index (χ3v) is 4.03. The van der Waals surface area contributed by atoms with Crippen LogP contribution in [0, 0.1) is 5.92 Å². The van der Waals surface area contributed by atoms with Crippen molar-refractivity contribution in [3.8, 4) is 5.75 Å². The van der Waals surface area contributed by atoms with Crippen molar-refractivity contribution >= 4 is 17.8 Å². The van der Waals surface area contributed by atoms with Crippen molar-refractivity contribution in [1.29, 1.82) is 0 Å². The second-order valence-corrected chi connectivity index (χ2v) is 7.80. The zero-order chi connectivity index (χ0) is 22.6. The number of para-hydroxylation sites is 1.